The third-order valence-corrected chi connectivity index (χ3v) is 14.2. The van der Waals surface area contributed by atoms with Gasteiger partial charge in [0.1, 0.15) is 5.82 Å². The second-order valence-corrected chi connectivity index (χ2v) is 19.4. The van der Waals surface area contributed by atoms with E-state index in [-0.39, 0.29) is 33.9 Å². The number of pyridine rings is 1. The summed E-state index contributed by atoms with van der Waals surface area (Å²) in [5, 5.41) is 41.0. The normalized spacial score (nSPS) is 26.2. The Morgan fingerprint density at radius 1 is 0.912 bits per heavy atom. The molecule has 13 nitrogen and oxygen atoms in total. The molecule has 2 atom stereocenters. The topological polar surface area (TPSA) is 171 Å². The quantitative estimate of drug-likeness (QED) is 0.0843. The summed E-state index contributed by atoms with van der Waals surface area (Å²) < 4.78 is 3.22. The van der Waals surface area contributed by atoms with E-state index >= 15 is 0 Å². The number of rotatable bonds is 13. The Balaban J connectivity index is 0.964. The molecule has 0 spiro atoms. The Morgan fingerprint density at radius 3 is 2.44 bits per heavy atom. The first-order valence-corrected chi connectivity index (χ1v) is 21.0. The van der Waals surface area contributed by atoms with Crippen LogP contribution in [0.1, 0.15) is 98.9 Å². The van der Waals surface area contributed by atoms with Crippen LogP contribution in [0.2, 0.25) is 0 Å². The molecule has 14 heteroatoms. The van der Waals surface area contributed by atoms with Gasteiger partial charge in [0.25, 0.3) is 0 Å². The molecular formula is C43H51N9O4S. The molecule has 298 valence electrons. The highest BCUT2D eigenvalue weighted by atomic mass is 32.1. The van der Waals surface area contributed by atoms with E-state index in [0.29, 0.717) is 29.6 Å². The molecule has 4 fully saturated rings. The number of hydrogen-bond donors (Lipinski definition) is 4. The zero-order chi connectivity index (χ0) is 39.7. The van der Waals surface area contributed by atoms with Crippen LogP contribution in [0.5, 0.6) is 0 Å². The second kappa shape index (κ2) is 13.9. The smallest absolute Gasteiger partial charge is 0.355 e. The molecular weight excluding hydrogens is 739 g/mol. The van der Waals surface area contributed by atoms with Crippen molar-refractivity contribution in [3.05, 3.63) is 65.1 Å². The fourth-order valence-electron chi connectivity index (χ4n) is 12.5. The SMILES string of the molecule is Cc1c(Nc2nc3ccccc3s2)nnc2c1CCCN2c1ccc(-c2cnn(CC34CC5(C)CC(C)(CC(CCCNCC(=O)O)(C5)C3)C4)c2C)c(C(=O)O)n1. The van der Waals surface area contributed by atoms with Crippen LogP contribution in [-0.4, -0.2) is 71.7 Å². The highest BCUT2D eigenvalue weighted by Gasteiger charge is 2.65. The van der Waals surface area contributed by atoms with Crippen molar-refractivity contribution >= 4 is 56.1 Å². The molecule has 5 aliphatic rings. The number of benzene rings is 1. The molecule has 5 heterocycles. The van der Waals surface area contributed by atoms with Crippen molar-refractivity contribution in [3.63, 3.8) is 0 Å². The Bertz CT molecular complexity index is 2360. The molecule has 10 rings (SSSR count). The average Bonchev–Trinajstić information content (AvgIpc) is 3.72. The number of anilines is 4. The number of carboxylic acid groups (broad SMARTS) is 2. The number of carbonyl (C=O) groups is 2. The van der Waals surface area contributed by atoms with Crippen molar-refractivity contribution < 1.29 is 19.8 Å². The maximum atomic E-state index is 12.9. The summed E-state index contributed by atoms with van der Waals surface area (Å²) in [6.07, 6.45) is 12.8. The molecule has 1 aliphatic heterocycles. The maximum absolute atomic E-state index is 12.9. The van der Waals surface area contributed by atoms with Crippen molar-refractivity contribution in [3.8, 4) is 11.1 Å². The summed E-state index contributed by atoms with van der Waals surface area (Å²) in [7, 11) is 0. The lowest BCUT2D eigenvalue weighted by Crippen LogP contribution is -2.60. The Labute approximate surface area is 336 Å². The molecule has 5 aromatic rings. The van der Waals surface area contributed by atoms with Gasteiger partial charge in [-0.3, -0.25) is 9.48 Å². The number of aliphatic carboxylic acids is 1. The van der Waals surface area contributed by atoms with Gasteiger partial charge in [0.15, 0.2) is 22.5 Å². The number of fused-ring (bicyclic) bond motifs is 2. The molecule has 4 bridgehead atoms. The van der Waals surface area contributed by atoms with Gasteiger partial charge in [-0.1, -0.05) is 37.3 Å². The zero-order valence-electron chi connectivity index (χ0n) is 33.2. The monoisotopic (exact) mass is 789 g/mol. The highest BCUT2D eigenvalue weighted by molar-refractivity contribution is 7.22. The van der Waals surface area contributed by atoms with Crippen LogP contribution in [0.15, 0.2) is 42.6 Å². The Morgan fingerprint density at radius 2 is 1.68 bits per heavy atom. The van der Waals surface area contributed by atoms with Gasteiger partial charge in [0.2, 0.25) is 0 Å². The van der Waals surface area contributed by atoms with Gasteiger partial charge in [0.05, 0.1) is 23.0 Å². The van der Waals surface area contributed by atoms with Crippen LogP contribution >= 0.6 is 11.3 Å². The number of aromatic nitrogens is 6. The molecule has 4 N–H and O–H groups in total. The molecule has 2 unspecified atom stereocenters. The summed E-state index contributed by atoms with van der Waals surface area (Å²) in [5.41, 5.74) is 6.14. The van der Waals surface area contributed by atoms with Crippen molar-refractivity contribution in [1.82, 2.24) is 35.3 Å². The van der Waals surface area contributed by atoms with E-state index in [0.717, 1.165) is 82.9 Å². The summed E-state index contributed by atoms with van der Waals surface area (Å²) in [6, 6.07) is 11.8. The molecule has 4 saturated carbocycles. The zero-order valence-corrected chi connectivity index (χ0v) is 34.0. The van der Waals surface area contributed by atoms with Gasteiger partial charge in [-0.15, -0.1) is 10.2 Å². The van der Waals surface area contributed by atoms with Gasteiger partial charge in [-0.05, 0) is 131 Å². The van der Waals surface area contributed by atoms with Gasteiger partial charge in [-0.2, -0.15) is 5.10 Å². The predicted octanol–water partition coefficient (Wildman–Crippen LogP) is 8.31. The van der Waals surface area contributed by atoms with E-state index in [4.69, 9.17) is 20.2 Å². The highest BCUT2D eigenvalue weighted by Crippen LogP contribution is 2.75. The first kappa shape index (κ1) is 37.6. The number of nitrogens with one attached hydrogen (secondary N) is 2. The second-order valence-electron chi connectivity index (χ2n) is 18.4. The first-order chi connectivity index (χ1) is 27.2. The van der Waals surface area contributed by atoms with Crippen molar-refractivity contribution in [2.45, 2.75) is 98.4 Å². The van der Waals surface area contributed by atoms with Crippen LogP contribution < -0.4 is 15.5 Å². The van der Waals surface area contributed by atoms with E-state index in [1.54, 1.807) is 11.3 Å². The summed E-state index contributed by atoms with van der Waals surface area (Å²) in [4.78, 5) is 35.4. The number of thiazole rings is 1. The lowest BCUT2D eigenvalue weighted by Gasteiger charge is -2.70. The van der Waals surface area contributed by atoms with Gasteiger partial charge < -0.3 is 25.7 Å². The molecule has 1 aromatic carbocycles. The first-order valence-electron chi connectivity index (χ1n) is 20.2. The average molecular weight is 790 g/mol. The van der Waals surface area contributed by atoms with Crippen LogP contribution in [-0.2, 0) is 17.8 Å². The molecule has 0 radical (unpaired) electrons. The van der Waals surface area contributed by atoms with E-state index in [9.17, 15) is 14.7 Å². The third kappa shape index (κ3) is 6.94. The van der Waals surface area contributed by atoms with E-state index < -0.39 is 11.9 Å². The third-order valence-electron chi connectivity index (χ3n) is 13.3. The minimum absolute atomic E-state index is 0.00144. The predicted molar refractivity (Wildman–Crippen MR) is 221 cm³/mol. The fraction of sp³-hybridized carbons (Fsp3) is 0.512. The van der Waals surface area contributed by atoms with Crippen LogP contribution in [0, 0.1) is 35.5 Å². The number of aromatic carboxylic acids is 1. The van der Waals surface area contributed by atoms with E-state index in [2.05, 4.69) is 46.3 Å². The minimum Gasteiger partial charge on any atom is -0.480 e. The van der Waals surface area contributed by atoms with Crippen LogP contribution in [0.3, 0.4) is 0 Å². The number of nitrogens with zero attached hydrogens (tertiary/aromatic N) is 7. The minimum atomic E-state index is -1.09. The van der Waals surface area contributed by atoms with Crippen molar-refractivity contribution in [1.29, 1.82) is 0 Å². The van der Waals surface area contributed by atoms with Gasteiger partial charge in [0, 0.05) is 41.0 Å². The fourth-order valence-corrected chi connectivity index (χ4v) is 13.4. The number of carboxylic acids is 2. The Kier molecular flexibility index (Phi) is 9.15. The van der Waals surface area contributed by atoms with E-state index in [1.807, 2.05) is 54.4 Å². The molecule has 4 aliphatic carbocycles. The van der Waals surface area contributed by atoms with Crippen molar-refractivity contribution in [2.24, 2.45) is 21.7 Å². The number of para-hydroxylation sites is 1. The Hall–Kier alpha value is -4.95. The summed E-state index contributed by atoms with van der Waals surface area (Å²) in [6.45, 7) is 11.2. The standard InChI is InChI=1S/C43H51N9O4S/c1-26-28-9-7-16-51(37(28)50-49-36(26)48-39-46-31-10-5-6-11-32(31)57-39)33-13-12-29(35(47-33)38(55)56)30-17-45-52(27(30)2)25-43-22-40(3)19-41(4,23-43)21-42(20-40,24-43)14-8-15-44-18-34(53)54/h5-6,10-13,17,44H,7-9,14-16,18-25H2,1-4H3,(H,53,54)(H,55,56)(H,46,48,49). The lowest BCUT2D eigenvalue weighted by atomic mass is 9.35. The number of hydrogen-bond acceptors (Lipinski definition) is 11. The summed E-state index contributed by atoms with van der Waals surface area (Å²) >= 11 is 1.57. The van der Waals surface area contributed by atoms with Gasteiger partial charge >= 0.3 is 11.9 Å². The molecule has 4 aromatic heterocycles. The molecule has 0 saturated heterocycles. The van der Waals surface area contributed by atoms with Crippen molar-refractivity contribution in [2.75, 3.05) is 29.9 Å². The lowest BCUT2D eigenvalue weighted by molar-refractivity contribution is -0.197. The summed E-state index contributed by atoms with van der Waals surface area (Å²) in [5.74, 6) is -0.0191. The molecule has 57 heavy (non-hydrogen) atoms. The van der Waals surface area contributed by atoms with Gasteiger partial charge in [-0.25, -0.2) is 14.8 Å². The maximum Gasteiger partial charge on any atom is 0.355 e. The van der Waals surface area contributed by atoms with Crippen LogP contribution in [0.25, 0.3) is 21.3 Å². The van der Waals surface area contributed by atoms with Crippen LogP contribution in [0.4, 0.5) is 22.6 Å². The largest absolute Gasteiger partial charge is 0.480 e. The van der Waals surface area contributed by atoms with E-state index in [1.165, 1.54) is 32.1 Å². The molecule has 0 amide bonds.